The highest BCUT2D eigenvalue weighted by Crippen LogP contribution is 2.45. The summed E-state index contributed by atoms with van der Waals surface area (Å²) in [6, 6.07) is 3.80. The SMILES string of the molecule is CCP(=O)(CC)COc1cc(Br)cc2sc(N)nc12. The van der Waals surface area contributed by atoms with E-state index in [-0.39, 0.29) is 6.35 Å². The van der Waals surface area contributed by atoms with Gasteiger partial charge in [0.05, 0.1) is 4.70 Å². The summed E-state index contributed by atoms with van der Waals surface area (Å²) in [5.74, 6) is 0.638. The average Bonchev–Trinajstić information content (AvgIpc) is 2.75. The first-order chi connectivity index (χ1) is 8.97. The number of aromatic nitrogens is 1. The predicted octanol–water partition coefficient (Wildman–Crippen LogP) is 4.38. The number of halogens is 1. The molecule has 0 saturated heterocycles. The monoisotopic (exact) mass is 362 g/mol. The van der Waals surface area contributed by atoms with Crippen molar-refractivity contribution in [2.45, 2.75) is 13.8 Å². The maximum absolute atomic E-state index is 12.4. The van der Waals surface area contributed by atoms with E-state index in [1.807, 2.05) is 26.0 Å². The van der Waals surface area contributed by atoms with E-state index in [1.165, 1.54) is 11.3 Å². The second-order valence-corrected chi connectivity index (χ2v) is 9.88. The van der Waals surface area contributed by atoms with Crippen molar-refractivity contribution < 1.29 is 9.30 Å². The zero-order valence-corrected chi connectivity index (χ0v) is 14.1. The minimum absolute atomic E-state index is 0.253. The van der Waals surface area contributed by atoms with Gasteiger partial charge in [-0.3, -0.25) is 0 Å². The van der Waals surface area contributed by atoms with Gasteiger partial charge in [0.1, 0.15) is 24.8 Å². The highest BCUT2D eigenvalue weighted by molar-refractivity contribution is 9.10. The Morgan fingerprint density at radius 1 is 1.42 bits per heavy atom. The normalized spacial score (nSPS) is 11.9. The van der Waals surface area contributed by atoms with E-state index in [4.69, 9.17) is 10.5 Å². The fourth-order valence-corrected chi connectivity index (χ4v) is 4.25. The number of ether oxygens (including phenoxy) is 1. The van der Waals surface area contributed by atoms with Crippen molar-refractivity contribution in [1.82, 2.24) is 4.98 Å². The third kappa shape index (κ3) is 3.30. The first-order valence-electron chi connectivity index (χ1n) is 6.03. The van der Waals surface area contributed by atoms with E-state index in [1.54, 1.807) is 0 Å². The van der Waals surface area contributed by atoms with Gasteiger partial charge in [-0.1, -0.05) is 41.1 Å². The molecule has 0 saturated carbocycles. The summed E-state index contributed by atoms with van der Waals surface area (Å²) in [5.41, 5.74) is 6.47. The Bertz CT molecular complexity index is 636. The maximum Gasteiger partial charge on any atom is 0.181 e. The minimum atomic E-state index is -2.23. The van der Waals surface area contributed by atoms with Crippen molar-refractivity contribution in [3.63, 3.8) is 0 Å². The molecule has 2 rings (SSSR count). The van der Waals surface area contributed by atoms with Gasteiger partial charge in [-0.25, -0.2) is 4.98 Å². The number of nitrogen functional groups attached to an aromatic ring is 1. The standard InChI is InChI=1S/C12H16BrN2O2PS/c1-3-18(16,4-2)7-17-9-5-8(13)6-10-11(9)15-12(14)19-10/h5-6H,3-4,7H2,1-2H3,(H2,14,15). The van der Waals surface area contributed by atoms with E-state index in [9.17, 15) is 4.57 Å². The molecule has 0 fully saturated rings. The van der Waals surface area contributed by atoms with Gasteiger partial charge >= 0.3 is 0 Å². The van der Waals surface area contributed by atoms with Gasteiger partial charge in [-0.15, -0.1) is 0 Å². The third-order valence-electron chi connectivity index (χ3n) is 3.05. The van der Waals surface area contributed by atoms with E-state index < -0.39 is 7.14 Å². The van der Waals surface area contributed by atoms with E-state index in [2.05, 4.69) is 20.9 Å². The molecule has 0 radical (unpaired) electrons. The smallest absolute Gasteiger partial charge is 0.181 e. The fourth-order valence-electron chi connectivity index (χ4n) is 1.69. The van der Waals surface area contributed by atoms with Crippen molar-refractivity contribution in [3.05, 3.63) is 16.6 Å². The second-order valence-electron chi connectivity index (χ2n) is 4.27. The summed E-state index contributed by atoms with van der Waals surface area (Å²) in [6.45, 7) is 3.87. The first kappa shape index (κ1) is 14.8. The van der Waals surface area contributed by atoms with Crippen LogP contribution in [0.25, 0.3) is 10.2 Å². The number of thiazole rings is 1. The van der Waals surface area contributed by atoms with Crippen molar-refractivity contribution in [2.24, 2.45) is 0 Å². The Kier molecular flexibility index (Phi) is 4.54. The molecule has 7 heteroatoms. The number of rotatable bonds is 5. The predicted molar refractivity (Wildman–Crippen MR) is 85.9 cm³/mol. The van der Waals surface area contributed by atoms with E-state index in [0.717, 1.165) is 14.7 Å². The lowest BCUT2D eigenvalue weighted by atomic mass is 10.3. The molecule has 19 heavy (non-hydrogen) atoms. The summed E-state index contributed by atoms with van der Waals surface area (Å²) < 4.78 is 20.0. The second kappa shape index (κ2) is 5.81. The Morgan fingerprint density at radius 2 is 2.11 bits per heavy atom. The topological polar surface area (TPSA) is 65.2 Å². The van der Waals surface area contributed by atoms with Crippen LogP contribution in [0.4, 0.5) is 5.13 Å². The lowest BCUT2D eigenvalue weighted by Gasteiger charge is -2.15. The molecule has 1 aromatic carbocycles. The average molecular weight is 363 g/mol. The van der Waals surface area contributed by atoms with Gasteiger partial charge in [0, 0.05) is 16.8 Å². The molecule has 1 heterocycles. The molecule has 0 atom stereocenters. The van der Waals surface area contributed by atoms with Crippen LogP contribution < -0.4 is 10.5 Å². The Balaban J connectivity index is 2.32. The molecule has 0 unspecified atom stereocenters. The summed E-state index contributed by atoms with van der Waals surface area (Å²) in [6.07, 6.45) is 1.56. The maximum atomic E-state index is 12.4. The molecule has 2 aromatic rings. The van der Waals surface area contributed by atoms with Gasteiger partial charge in [0.15, 0.2) is 5.13 Å². The van der Waals surface area contributed by atoms with Crippen LogP contribution in [0, 0.1) is 0 Å². The van der Waals surface area contributed by atoms with Crippen LogP contribution in [-0.4, -0.2) is 23.7 Å². The molecule has 0 aliphatic carbocycles. The van der Waals surface area contributed by atoms with Gasteiger partial charge in [0.2, 0.25) is 0 Å². The Labute approximate surface area is 124 Å². The van der Waals surface area contributed by atoms with Gasteiger partial charge < -0.3 is 15.0 Å². The summed E-state index contributed by atoms with van der Waals surface area (Å²) in [7, 11) is -2.23. The van der Waals surface area contributed by atoms with Crippen LogP contribution >= 0.6 is 34.4 Å². The highest BCUT2D eigenvalue weighted by atomic mass is 79.9. The third-order valence-corrected chi connectivity index (χ3v) is 7.24. The number of benzene rings is 1. The minimum Gasteiger partial charge on any atom is -0.484 e. The van der Waals surface area contributed by atoms with Gasteiger partial charge in [-0.2, -0.15) is 0 Å². The molecule has 1 aromatic heterocycles. The summed E-state index contributed by atoms with van der Waals surface area (Å²) in [4.78, 5) is 4.27. The van der Waals surface area contributed by atoms with Crippen LogP contribution in [0.15, 0.2) is 16.6 Å². The largest absolute Gasteiger partial charge is 0.484 e. The van der Waals surface area contributed by atoms with Crippen molar-refractivity contribution in [1.29, 1.82) is 0 Å². The number of nitrogens with two attached hydrogens (primary N) is 1. The zero-order valence-electron chi connectivity index (χ0n) is 10.9. The zero-order chi connectivity index (χ0) is 14.0. The van der Waals surface area contributed by atoms with Crippen LogP contribution in [0.2, 0.25) is 0 Å². The van der Waals surface area contributed by atoms with E-state index >= 15 is 0 Å². The Morgan fingerprint density at radius 3 is 2.74 bits per heavy atom. The summed E-state index contributed by atoms with van der Waals surface area (Å²) in [5, 5.41) is 0.507. The van der Waals surface area contributed by atoms with Gasteiger partial charge in [-0.05, 0) is 12.1 Å². The first-order valence-corrected chi connectivity index (χ1v) is 9.90. The molecule has 4 nitrogen and oxygen atoms in total. The van der Waals surface area contributed by atoms with Crippen LogP contribution in [0.3, 0.4) is 0 Å². The molecule has 104 valence electrons. The molecular formula is C12H16BrN2O2PS. The molecule has 0 aliphatic heterocycles. The Hall–Kier alpha value is -0.580. The summed E-state index contributed by atoms with van der Waals surface area (Å²) >= 11 is 4.85. The van der Waals surface area contributed by atoms with Crippen LogP contribution in [-0.2, 0) is 4.57 Å². The molecular weight excluding hydrogens is 347 g/mol. The number of hydrogen-bond donors (Lipinski definition) is 1. The number of nitrogens with zero attached hydrogens (tertiary/aromatic N) is 1. The van der Waals surface area contributed by atoms with Crippen molar-refractivity contribution in [2.75, 3.05) is 24.4 Å². The molecule has 0 spiro atoms. The molecule has 0 bridgehead atoms. The number of fused-ring (bicyclic) bond motifs is 1. The van der Waals surface area contributed by atoms with Gasteiger partial charge in [0.25, 0.3) is 0 Å². The number of hydrogen-bond acceptors (Lipinski definition) is 5. The highest BCUT2D eigenvalue weighted by Gasteiger charge is 2.19. The fraction of sp³-hybridized carbons (Fsp3) is 0.417. The molecule has 0 amide bonds. The van der Waals surface area contributed by atoms with E-state index in [0.29, 0.717) is 23.2 Å². The van der Waals surface area contributed by atoms with Crippen molar-refractivity contribution >= 4 is 49.8 Å². The number of anilines is 1. The molecule has 2 N–H and O–H groups in total. The lowest BCUT2D eigenvalue weighted by molar-refractivity contribution is 0.379. The van der Waals surface area contributed by atoms with Crippen molar-refractivity contribution in [3.8, 4) is 5.75 Å². The quantitative estimate of drug-likeness (QED) is 0.801. The van der Waals surface area contributed by atoms with Crippen LogP contribution in [0.1, 0.15) is 13.8 Å². The molecule has 0 aliphatic rings. The lowest BCUT2D eigenvalue weighted by Crippen LogP contribution is -2.03. The van der Waals surface area contributed by atoms with Crippen LogP contribution in [0.5, 0.6) is 5.75 Å².